The summed E-state index contributed by atoms with van der Waals surface area (Å²) in [5.74, 6) is 0.890. The zero-order chi connectivity index (χ0) is 29.9. The topological polar surface area (TPSA) is 49.0 Å². The number of aromatic amines is 1. The third kappa shape index (κ3) is 6.05. The Kier molecular flexibility index (Phi) is 8.26. The highest BCUT2D eigenvalue weighted by Crippen LogP contribution is 2.41. The van der Waals surface area contributed by atoms with Crippen LogP contribution in [0.25, 0.3) is 27.1 Å². The molecule has 1 fully saturated rings. The second-order valence-electron chi connectivity index (χ2n) is 12.8. The fraction of sp³-hybridized carbons (Fsp3) is 0.300. The molecule has 1 aliphatic heterocycles. The van der Waals surface area contributed by atoms with Gasteiger partial charge in [0.15, 0.2) is 0 Å². The third-order valence-corrected chi connectivity index (χ3v) is 9.73. The first-order chi connectivity index (χ1) is 21.6. The summed E-state index contributed by atoms with van der Waals surface area (Å²) >= 11 is 0. The van der Waals surface area contributed by atoms with E-state index in [1.165, 1.54) is 90.2 Å². The molecule has 3 aliphatic rings. The summed E-state index contributed by atoms with van der Waals surface area (Å²) in [7, 11) is 0. The number of rotatable bonds is 4. The van der Waals surface area contributed by atoms with Crippen molar-refractivity contribution < 1.29 is 0 Å². The molecule has 1 saturated heterocycles. The molecular weight excluding hydrogens is 538 g/mol. The molecule has 8 rings (SSSR count). The van der Waals surface area contributed by atoms with E-state index in [4.69, 9.17) is 0 Å². The van der Waals surface area contributed by atoms with Crippen LogP contribution in [-0.4, -0.2) is 28.2 Å². The molecule has 2 aliphatic carbocycles. The van der Waals surface area contributed by atoms with Crippen LogP contribution in [0.1, 0.15) is 66.8 Å². The van der Waals surface area contributed by atoms with Crippen molar-refractivity contribution in [3.63, 3.8) is 0 Å². The van der Waals surface area contributed by atoms with Gasteiger partial charge in [-0.2, -0.15) is 5.10 Å². The Morgan fingerprint density at radius 1 is 0.864 bits per heavy atom. The van der Waals surface area contributed by atoms with E-state index in [2.05, 4.69) is 88.8 Å². The monoisotopic (exact) mass is 579 g/mol. The maximum atomic E-state index is 11.1. The van der Waals surface area contributed by atoms with Crippen molar-refractivity contribution in [3.8, 4) is 0 Å². The van der Waals surface area contributed by atoms with Gasteiger partial charge in [-0.1, -0.05) is 97.4 Å². The second-order valence-corrected chi connectivity index (χ2v) is 12.8. The Hall–Kier alpha value is -4.28. The summed E-state index contributed by atoms with van der Waals surface area (Å²) in [5.41, 5.74) is 10.5. The van der Waals surface area contributed by atoms with Crippen molar-refractivity contribution in [2.24, 2.45) is 5.92 Å². The van der Waals surface area contributed by atoms with Gasteiger partial charge < -0.3 is 0 Å². The Bertz CT molecular complexity index is 1920. The molecule has 0 spiro atoms. The summed E-state index contributed by atoms with van der Waals surface area (Å²) in [6.45, 7) is 5.97. The predicted molar refractivity (Wildman–Crippen MR) is 183 cm³/mol. The Labute approximate surface area is 260 Å². The van der Waals surface area contributed by atoms with Gasteiger partial charge in [0, 0.05) is 17.3 Å². The van der Waals surface area contributed by atoms with E-state index in [-0.39, 0.29) is 5.56 Å². The van der Waals surface area contributed by atoms with E-state index in [0.29, 0.717) is 5.39 Å². The highest BCUT2D eigenvalue weighted by atomic mass is 16.1. The van der Waals surface area contributed by atoms with Gasteiger partial charge in [-0.15, -0.1) is 0 Å². The van der Waals surface area contributed by atoms with Gasteiger partial charge in [0.05, 0.1) is 6.20 Å². The van der Waals surface area contributed by atoms with E-state index in [1.54, 1.807) is 23.4 Å². The van der Waals surface area contributed by atoms with Crippen LogP contribution in [0.4, 0.5) is 0 Å². The van der Waals surface area contributed by atoms with Crippen LogP contribution in [0.2, 0.25) is 0 Å². The molecular formula is C40H41N3O. The SMILES string of the molecule is CC1CCN(Cc2cccc(Cc3cccc4ccc5c(c34)CCC3=C5C=CCC3)c2)CC1.O=c1[nH]ncc2ccccc12. The molecule has 1 aromatic heterocycles. The minimum atomic E-state index is -0.136. The quantitative estimate of drug-likeness (QED) is 0.232. The van der Waals surface area contributed by atoms with Gasteiger partial charge in [-0.05, 0) is 114 Å². The number of benzene rings is 4. The van der Waals surface area contributed by atoms with Gasteiger partial charge >= 0.3 is 0 Å². The van der Waals surface area contributed by atoms with Crippen molar-refractivity contribution in [1.29, 1.82) is 0 Å². The fourth-order valence-electron chi connectivity index (χ4n) is 7.29. The van der Waals surface area contributed by atoms with Crippen molar-refractivity contribution in [1.82, 2.24) is 15.1 Å². The first-order valence-corrected chi connectivity index (χ1v) is 16.3. The summed E-state index contributed by atoms with van der Waals surface area (Å²) < 4.78 is 0. The van der Waals surface area contributed by atoms with Crippen molar-refractivity contribution in [2.75, 3.05) is 13.1 Å². The number of likely N-dealkylation sites (tertiary alicyclic amines) is 1. The number of aryl methyl sites for hydroxylation is 1. The van der Waals surface area contributed by atoms with Crippen LogP contribution < -0.4 is 5.56 Å². The molecule has 4 aromatic carbocycles. The molecule has 0 bridgehead atoms. The molecule has 0 unspecified atom stereocenters. The molecule has 222 valence electrons. The molecule has 2 heterocycles. The highest BCUT2D eigenvalue weighted by molar-refractivity contribution is 5.96. The minimum absolute atomic E-state index is 0.136. The highest BCUT2D eigenvalue weighted by Gasteiger charge is 2.22. The first kappa shape index (κ1) is 28.5. The van der Waals surface area contributed by atoms with E-state index < -0.39 is 0 Å². The number of nitrogens with one attached hydrogen (secondary N) is 1. The molecule has 0 atom stereocenters. The predicted octanol–water partition coefficient (Wildman–Crippen LogP) is 8.64. The van der Waals surface area contributed by atoms with Crippen LogP contribution in [0.5, 0.6) is 0 Å². The Morgan fingerprint density at radius 3 is 2.57 bits per heavy atom. The molecule has 4 heteroatoms. The molecule has 0 amide bonds. The molecule has 44 heavy (non-hydrogen) atoms. The minimum Gasteiger partial charge on any atom is -0.299 e. The van der Waals surface area contributed by atoms with Gasteiger partial charge in [0.1, 0.15) is 0 Å². The maximum absolute atomic E-state index is 11.1. The van der Waals surface area contributed by atoms with Crippen molar-refractivity contribution in [3.05, 3.63) is 141 Å². The van der Waals surface area contributed by atoms with E-state index in [0.717, 1.165) is 24.3 Å². The van der Waals surface area contributed by atoms with Crippen LogP contribution >= 0.6 is 0 Å². The van der Waals surface area contributed by atoms with Crippen LogP contribution in [-0.2, 0) is 19.4 Å². The van der Waals surface area contributed by atoms with E-state index >= 15 is 0 Å². The lowest BCUT2D eigenvalue weighted by Gasteiger charge is -2.30. The van der Waals surface area contributed by atoms with Crippen LogP contribution in [0.3, 0.4) is 0 Å². The summed E-state index contributed by atoms with van der Waals surface area (Å²) in [6.07, 6.45) is 14.9. The van der Waals surface area contributed by atoms with Gasteiger partial charge in [0.2, 0.25) is 0 Å². The molecule has 0 radical (unpaired) electrons. The largest absolute Gasteiger partial charge is 0.299 e. The Balaban J connectivity index is 0.000000239. The summed E-state index contributed by atoms with van der Waals surface area (Å²) in [6, 6.07) is 28.3. The number of H-pyrrole nitrogens is 1. The number of hydrogen-bond donors (Lipinski definition) is 1. The summed E-state index contributed by atoms with van der Waals surface area (Å²) in [4.78, 5) is 13.7. The van der Waals surface area contributed by atoms with Crippen molar-refractivity contribution in [2.45, 2.75) is 58.4 Å². The molecule has 5 aromatic rings. The van der Waals surface area contributed by atoms with Gasteiger partial charge in [-0.25, -0.2) is 5.10 Å². The number of nitrogens with zero attached hydrogens (tertiary/aromatic N) is 2. The van der Waals surface area contributed by atoms with Gasteiger partial charge in [0.25, 0.3) is 5.56 Å². The van der Waals surface area contributed by atoms with Crippen LogP contribution in [0.15, 0.2) is 108 Å². The van der Waals surface area contributed by atoms with Gasteiger partial charge in [-0.3, -0.25) is 9.69 Å². The number of fused-ring (bicyclic) bond motifs is 5. The summed E-state index contributed by atoms with van der Waals surface area (Å²) in [5, 5.41) is 10.5. The lowest BCUT2D eigenvalue weighted by molar-refractivity contribution is 0.185. The molecule has 0 saturated carbocycles. The number of allylic oxidation sites excluding steroid dienone is 4. The number of piperidine rings is 1. The van der Waals surface area contributed by atoms with E-state index in [9.17, 15) is 4.79 Å². The lowest BCUT2D eigenvalue weighted by Crippen LogP contribution is -2.32. The average Bonchev–Trinajstić information content (AvgIpc) is 3.06. The number of hydrogen-bond acceptors (Lipinski definition) is 3. The van der Waals surface area contributed by atoms with E-state index in [1.807, 2.05) is 18.2 Å². The fourth-order valence-corrected chi connectivity index (χ4v) is 7.29. The molecule has 4 nitrogen and oxygen atoms in total. The smallest absolute Gasteiger partial charge is 0.272 e. The zero-order valence-electron chi connectivity index (χ0n) is 25.7. The standard InChI is InChI=1S/C32H35N.C8H6N2O/c1-23-16-18-33(19-17-23)22-25-7-4-6-24(20-25)21-28-10-5-9-27-13-14-30-29-11-3-2-8-26(29)12-15-31(30)32(27)28;11-8-7-4-2-1-3-6(7)5-9-10-8/h3-7,9-11,13-14,20,23H,2,8,12,15-19,21-22H2,1H3;1-5H,(H,10,11). The lowest BCUT2D eigenvalue weighted by atomic mass is 9.78. The molecule has 1 N–H and O–H groups in total. The normalized spacial score (nSPS) is 16.8. The zero-order valence-corrected chi connectivity index (χ0v) is 25.7. The third-order valence-electron chi connectivity index (χ3n) is 9.73. The van der Waals surface area contributed by atoms with Crippen LogP contribution in [0, 0.1) is 5.92 Å². The first-order valence-electron chi connectivity index (χ1n) is 16.3. The maximum Gasteiger partial charge on any atom is 0.272 e. The second kappa shape index (κ2) is 12.8. The van der Waals surface area contributed by atoms with Crippen molar-refractivity contribution >= 4 is 27.1 Å². The number of aromatic nitrogens is 2. The Morgan fingerprint density at radius 2 is 1.68 bits per heavy atom. The average molecular weight is 580 g/mol.